The minimum absolute atomic E-state index is 0.150. The molecule has 2 N–H and O–H groups in total. The normalized spacial score (nSPS) is 25.1. The minimum atomic E-state index is -0.150. The molecule has 1 heterocycles. The molecule has 1 saturated heterocycles. The van der Waals surface area contributed by atoms with Crippen molar-refractivity contribution in [3.8, 4) is 0 Å². The number of amides is 1. The quantitative estimate of drug-likeness (QED) is 0.550. The summed E-state index contributed by atoms with van der Waals surface area (Å²) in [5.41, 5.74) is -0.150. The van der Waals surface area contributed by atoms with Crippen LogP contribution in [0.25, 0.3) is 0 Å². The van der Waals surface area contributed by atoms with Crippen LogP contribution < -0.4 is 10.6 Å². The van der Waals surface area contributed by atoms with Crippen LogP contribution in [-0.2, 0) is 4.79 Å². The van der Waals surface area contributed by atoms with E-state index in [0.29, 0.717) is 0 Å². The molecule has 0 saturated carbocycles. The summed E-state index contributed by atoms with van der Waals surface area (Å²) in [7, 11) is 0. The molecule has 1 unspecified atom stereocenters. The molecule has 17 heavy (non-hydrogen) atoms. The lowest BCUT2D eigenvalue weighted by molar-refractivity contribution is -0.132. The Balaban J connectivity index is 2.47. The van der Waals surface area contributed by atoms with Gasteiger partial charge < -0.3 is 10.6 Å². The smallest absolute Gasteiger partial charge is 0.227 e. The number of carbonyl (C=O) groups excluding carboxylic acids is 1. The van der Waals surface area contributed by atoms with E-state index in [4.69, 9.17) is 0 Å². The number of piperidine rings is 1. The molecule has 3 nitrogen and oxygen atoms in total. The molecule has 0 aromatic carbocycles. The van der Waals surface area contributed by atoms with E-state index in [1.807, 2.05) is 13.0 Å². The fourth-order valence-electron chi connectivity index (χ4n) is 2.59. The maximum Gasteiger partial charge on any atom is 0.227 e. The van der Waals surface area contributed by atoms with Crippen molar-refractivity contribution in [1.29, 1.82) is 0 Å². The molecule has 1 amide bonds. The average Bonchev–Trinajstić information content (AvgIpc) is 2.36. The Bertz CT molecular complexity index is 249. The first-order chi connectivity index (χ1) is 8.25. The van der Waals surface area contributed by atoms with Gasteiger partial charge in [-0.25, -0.2) is 0 Å². The van der Waals surface area contributed by atoms with Gasteiger partial charge in [-0.2, -0.15) is 0 Å². The van der Waals surface area contributed by atoms with Crippen LogP contribution in [-0.4, -0.2) is 25.5 Å². The number of hydrogen-bond donors (Lipinski definition) is 2. The summed E-state index contributed by atoms with van der Waals surface area (Å²) in [6, 6.07) is 0. The highest BCUT2D eigenvalue weighted by Gasteiger charge is 2.38. The molecule has 1 aliphatic rings. The average molecular weight is 238 g/mol. The fraction of sp³-hybridized carbons (Fsp3) is 0.786. The predicted octanol–water partition coefficient (Wildman–Crippen LogP) is 2.24. The fourth-order valence-corrected chi connectivity index (χ4v) is 2.59. The van der Waals surface area contributed by atoms with Gasteiger partial charge in [0.1, 0.15) is 0 Å². The molecule has 0 bridgehead atoms. The van der Waals surface area contributed by atoms with Crippen molar-refractivity contribution in [3.05, 3.63) is 12.2 Å². The SMILES string of the molecule is C/C=C/CCNC(=O)C1(CCC)CCCNC1. The molecule has 0 aromatic rings. The molecule has 1 rings (SSSR count). The largest absolute Gasteiger partial charge is 0.355 e. The van der Waals surface area contributed by atoms with Crippen molar-refractivity contribution >= 4 is 5.91 Å². The molecule has 1 atom stereocenters. The van der Waals surface area contributed by atoms with Crippen molar-refractivity contribution < 1.29 is 4.79 Å². The van der Waals surface area contributed by atoms with Crippen LogP contribution in [0.4, 0.5) is 0 Å². The van der Waals surface area contributed by atoms with Gasteiger partial charge in [-0.1, -0.05) is 25.5 Å². The Morgan fingerprint density at radius 3 is 2.94 bits per heavy atom. The Hall–Kier alpha value is -0.830. The third-order valence-electron chi connectivity index (χ3n) is 3.51. The molecule has 1 aliphatic heterocycles. The second-order valence-electron chi connectivity index (χ2n) is 4.92. The van der Waals surface area contributed by atoms with E-state index in [0.717, 1.165) is 51.7 Å². The standard InChI is InChI=1S/C14H26N2O/c1-3-5-6-11-16-13(17)14(8-4-2)9-7-10-15-12-14/h3,5,15H,4,6-12H2,1-2H3,(H,16,17)/b5-3+. The third kappa shape index (κ3) is 4.15. The van der Waals surface area contributed by atoms with Gasteiger partial charge in [0.05, 0.1) is 5.41 Å². The third-order valence-corrected chi connectivity index (χ3v) is 3.51. The van der Waals surface area contributed by atoms with Gasteiger partial charge in [0, 0.05) is 13.1 Å². The lowest BCUT2D eigenvalue weighted by atomic mass is 9.76. The molecule has 0 radical (unpaired) electrons. The maximum absolute atomic E-state index is 12.3. The molecular weight excluding hydrogens is 212 g/mol. The van der Waals surface area contributed by atoms with Gasteiger partial charge >= 0.3 is 0 Å². The van der Waals surface area contributed by atoms with E-state index < -0.39 is 0 Å². The summed E-state index contributed by atoms with van der Waals surface area (Å²) < 4.78 is 0. The van der Waals surface area contributed by atoms with Crippen LogP contribution in [0.2, 0.25) is 0 Å². The van der Waals surface area contributed by atoms with E-state index >= 15 is 0 Å². The van der Waals surface area contributed by atoms with Gasteiger partial charge in [-0.15, -0.1) is 0 Å². The van der Waals surface area contributed by atoms with Crippen molar-refractivity contribution in [3.63, 3.8) is 0 Å². The van der Waals surface area contributed by atoms with Crippen molar-refractivity contribution in [2.24, 2.45) is 5.41 Å². The first-order valence-corrected chi connectivity index (χ1v) is 6.85. The first kappa shape index (κ1) is 14.2. The van der Waals surface area contributed by atoms with Gasteiger partial charge in [0.15, 0.2) is 0 Å². The Labute approximate surface area is 105 Å². The maximum atomic E-state index is 12.3. The highest BCUT2D eigenvalue weighted by atomic mass is 16.2. The second kappa shape index (κ2) is 7.49. The summed E-state index contributed by atoms with van der Waals surface area (Å²) in [4.78, 5) is 12.3. The molecule has 3 heteroatoms. The zero-order valence-corrected chi connectivity index (χ0v) is 11.2. The summed E-state index contributed by atoms with van der Waals surface area (Å²) >= 11 is 0. The highest BCUT2D eigenvalue weighted by Crippen LogP contribution is 2.31. The van der Waals surface area contributed by atoms with Gasteiger partial charge in [0.2, 0.25) is 5.91 Å². The summed E-state index contributed by atoms with van der Waals surface area (Å²) in [6.45, 7) is 6.82. The van der Waals surface area contributed by atoms with E-state index in [1.165, 1.54) is 0 Å². The molecule has 98 valence electrons. The molecule has 0 spiro atoms. The second-order valence-corrected chi connectivity index (χ2v) is 4.92. The topological polar surface area (TPSA) is 41.1 Å². The molecule has 0 aliphatic carbocycles. The van der Waals surface area contributed by atoms with Crippen LogP contribution >= 0.6 is 0 Å². The lowest BCUT2D eigenvalue weighted by Gasteiger charge is -2.36. The Morgan fingerprint density at radius 2 is 2.35 bits per heavy atom. The monoisotopic (exact) mass is 238 g/mol. The summed E-state index contributed by atoms with van der Waals surface area (Å²) in [5, 5.41) is 6.45. The molecule has 0 aromatic heterocycles. The van der Waals surface area contributed by atoms with E-state index in [9.17, 15) is 4.79 Å². The number of carbonyl (C=O) groups is 1. The zero-order chi connectivity index (χ0) is 12.6. The highest BCUT2D eigenvalue weighted by molar-refractivity contribution is 5.83. The van der Waals surface area contributed by atoms with Gasteiger partial charge in [-0.3, -0.25) is 4.79 Å². The number of nitrogens with one attached hydrogen (secondary N) is 2. The first-order valence-electron chi connectivity index (χ1n) is 6.85. The number of allylic oxidation sites excluding steroid dienone is 1. The van der Waals surface area contributed by atoms with E-state index in [2.05, 4.69) is 23.6 Å². The zero-order valence-electron chi connectivity index (χ0n) is 11.2. The molecular formula is C14H26N2O. The van der Waals surface area contributed by atoms with E-state index in [1.54, 1.807) is 0 Å². The van der Waals surface area contributed by atoms with Crippen LogP contribution in [0.1, 0.15) is 46.0 Å². The van der Waals surface area contributed by atoms with Gasteiger partial charge in [0.25, 0.3) is 0 Å². The van der Waals surface area contributed by atoms with E-state index in [-0.39, 0.29) is 11.3 Å². The Kier molecular flexibility index (Phi) is 6.27. The van der Waals surface area contributed by atoms with Crippen molar-refractivity contribution in [2.75, 3.05) is 19.6 Å². The predicted molar refractivity (Wildman–Crippen MR) is 71.9 cm³/mol. The number of rotatable bonds is 6. The van der Waals surface area contributed by atoms with Crippen LogP contribution in [0, 0.1) is 5.41 Å². The minimum Gasteiger partial charge on any atom is -0.355 e. The van der Waals surface area contributed by atoms with Crippen molar-refractivity contribution in [2.45, 2.75) is 46.0 Å². The molecule has 1 fully saturated rings. The van der Waals surface area contributed by atoms with Crippen LogP contribution in [0.5, 0.6) is 0 Å². The van der Waals surface area contributed by atoms with Crippen molar-refractivity contribution in [1.82, 2.24) is 10.6 Å². The summed E-state index contributed by atoms with van der Waals surface area (Å²) in [6.07, 6.45) is 9.25. The van der Waals surface area contributed by atoms with Gasteiger partial charge in [-0.05, 0) is 39.2 Å². The summed E-state index contributed by atoms with van der Waals surface area (Å²) in [5.74, 6) is 0.246. The lowest BCUT2D eigenvalue weighted by Crippen LogP contribution is -2.50. The van der Waals surface area contributed by atoms with Crippen LogP contribution in [0.3, 0.4) is 0 Å². The number of hydrogen-bond acceptors (Lipinski definition) is 2. The van der Waals surface area contributed by atoms with Crippen LogP contribution in [0.15, 0.2) is 12.2 Å². The Morgan fingerprint density at radius 1 is 1.53 bits per heavy atom.